The molecule has 4 nitrogen and oxygen atoms in total. The quantitative estimate of drug-likeness (QED) is 0.850. The summed E-state index contributed by atoms with van der Waals surface area (Å²) in [5.41, 5.74) is 7.22. The van der Waals surface area contributed by atoms with Crippen LogP contribution in [0.4, 0.5) is 0 Å². The predicted molar refractivity (Wildman–Crippen MR) is 71.0 cm³/mol. The molecule has 18 heavy (non-hydrogen) atoms. The Labute approximate surface area is 107 Å². The highest BCUT2D eigenvalue weighted by atomic mass is 15.2. The number of aromatic amines is 1. The van der Waals surface area contributed by atoms with Crippen LogP contribution in [0.1, 0.15) is 37.4 Å². The molecule has 1 aliphatic rings. The standard InChI is InChI=1S/C14H18N4/c15-12-9-5-4-8-11(12)14-16-13(17-18-14)10-6-2-1-3-7-10/h1-3,6-7,11-12H,4-5,8-9,15H2,(H,16,17,18). The molecule has 3 N–H and O–H groups in total. The van der Waals surface area contributed by atoms with Crippen molar-refractivity contribution in [3.8, 4) is 11.4 Å². The second-order valence-electron chi connectivity index (χ2n) is 4.97. The fraction of sp³-hybridized carbons (Fsp3) is 0.429. The molecule has 0 spiro atoms. The van der Waals surface area contributed by atoms with Crippen LogP contribution in [0.15, 0.2) is 30.3 Å². The van der Waals surface area contributed by atoms with Crippen molar-refractivity contribution in [3.63, 3.8) is 0 Å². The molecular formula is C14H18N4. The molecule has 1 fully saturated rings. The van der Waals surface area contributed by atoms with E-state index in [2.05, 4.69) is 15.2 Å². The number of hydrogen-bond acceptors (Lipinski definition) is 3. The maximum Gasteiger partial charge on any atom is 0.181 e. The molecule has 0 bridgehead atoms. The Morgan fingerprint density at radius 2 is 1.89 bits per heavy atom. The van der Waals surface area contributed by atoms with Crippen molar-refractivity contribution in [2.45, 2.75) is 37.6 Å². The Bertz CT molecular complexity index is 506. The van der Waals surface area contributed by atoms with Gasteiger partial charge in [0, 0.05) is 17.5 Å². The first-order valence-corrected chi connectivity index (χ1v) is 6.58. The Kier molecular flexibility index (Phi) is 3.11. The van der Waals surface area contributed by atoms with Crippen LogP contribution in [0.2, 0.25) is 0 Å². The fourth-order valence-electron chi connectivity index (χ4n) is 2.66. The van der Waals surface area contributed by atoms with E-state index in [1.807, 2.05) is 30.3 Å². The van der Waals surface area contributed by atoms with Gasteiger partial charge in [-0.05, 0) is 12.8 Å². The van der Waals surface area contributed by atoms with Gasteiger partial charge in [-0.1, -0.05) is 43.2 Å². The van der Waals surface area contributed by atoms with Crippen LogP contribution < -0.4 is 5.73 Å². The van der Waals surface area contributed by atoms with Crippen molar-refractivity contribution < 1.29 is 0 Å². The number of nitrogens with one attached hydrogen (secondary N) is 1. The van der Waals surface area contributed by atoms with Crippen molar-refractivity contribution in [2.75, 3.05) is 0 Å². The van der Waals surface area contributed by atoms with Gasteiger partial charge in [0.15, 0.2) is 5.82 Å². The fourth-order valence-corrected chi connectivity index (χ4v) is 2.66. The van der Waals surface area contributed by atoms with Gasteiger partial charge in [0.1, 0.15) is 5.82 Å². The minimum absolute atomic E-state index is 0.218. The van der Waals surface area contributed by atoms with Crippen LogP contribution in [-0.2, 0) is 0 Å². The van der Waals surface area contributed by atoms with Crippen molar-refractivity contribution >= 4 is 0 Å². The second kappa shape index (κ2) is 4.90. The molecule has 1 aromatic carbocycles. The highest BCUT2D eigenvalue weighted by molar-refractivity contribution is 5.53. The third-order valence-electron chi connectivity index (χ3n) is 3.71. The summed E-state index contributed by atoms with van der Waals surface area (Å²) in [5.74, 6) is 2.05. The number of aromatic nitrogens is 3. The average Bonchev–Trinajstić information content (AvgIpc) is 2.90. The molecule has 94 valence electrons. The molecule has 2 aromatic rings. The smallest absolute Gasteiger partial charge is 0.181 e. The van der Waals surface area contributed by atoms with Crippen molar-refractivity contribution in [1.82, 2.24) is 15.2 Å². The molecule has 1 saturated carbocycles. The van der Waals surface area contributed by atoms with E-state index in [0.29, 0.717) is 5.92 Å². The molecule has 2 atom stereocenters. The number of nitrogens with zero attached hydrogens (tertiary/aromatic N) is 2. The van der Waals surface area contributed by atoms with Crippen LogP contribution in [0, 0.1) is 0 Å². The predicted octanol–water partition coefficient (Wildman–Crippen LogP) is 2.46. The summed E-state index contributed by atoms with van der Waals surface area (Å²) in [6.45, 7) is 0. The Morgan fingerprint density at radius 3 is 2.67 bits per heavy atom. The monoisotopic (exact) mass is 242 g/mol. The van der Waals surface area contributed by atoms with Crippen LogP contribution in [-0.4, -0.2) is 21.2 Å². The zero-order chi connectivity index (χ0) is 12.4. The molecule has 1 aromatic heterocycles. The first-order valence-electron chi connectivity index (χ1n) is 6.58. The normalized spacial score (nSPS) is 24.1. The Morgan fingerprint density at radius 1 is 1.11 bits per heavy atom. The van der Waals surface area contributed by atoms with Crippen molar-refractivity contribution in [3.05, 3.63) is 36.2 Å². The van der Waals surface area contributed by atoms with Gasteiger partial charge in [0.25, 0.3) is 0 Å². The Balaban J connectivity index is 1.85. The van der Waals surface area contributed by atoms with Crippen LogP contribution in [0.5, 0.6) is 0 Å². The maximum atomic E-state index is 6.17. The van der Waals surface area contributed by atoms with E-state index in [4.69, 9.17) is 5.73 Å². The first kappa shape index (κ1) is 11.4. The molecule has 0 aliphatic heterocycles. The molecule has 0 amide bonds. The van der Waals surface area contributed by atoms with Gasteiger partial charge in [0.05, 0.1) is 0 Å². The van der Waals surface area contributed by atoms with Gasteiger partial charge in [0.2, 0.25) is 0 Å². The average molecular weight is 242 g/mol. The van der Waals surface area contributed by atoms with Gasteiger partial charge >= 0.3 is 0 Å². The molecule has 1 heterocycles. The topological polar surface area (TPSA) is 67.6 Å². The van der Waals surface area contributed by atoms with Gasteiger partial charge < -0.3 is 5.73 Å². The second-order valence-corrected chi connectivity index (χ2v) is 4.97. The van der Waals surface area contributed by atoms with E-state index in [9.17, 15) is 0 Å². The molecule has 1 aliphatic carbocycles. The summed E-state index contributed by atoms with van der Waals surface area (Å²) < 4.78 is 0. The molecule has 2 unspecified atom stereocenters. The molecular weight excluding hydrogens is 224 g/mol. The number of nitrogens with two attached hydrogens (primary N) is 1. The number of hydrogen-bond donors (Lipinski definition) is 2. The molecule has 3 rings (SSSR count). The van der Waals surface area contributed by atoms with Gasteiger partial charge in [-0.3, -0.25) is 5.10 Å². The number of benzene rings is 1. The van der Waals surface area contributed by atoms with Gasteiger partial charge in [-0.2, -0.15) is 5.10 Å². The van der Waals surface area contributed by atoms with E-state index >= 15 is 0 Å². The summed E-state index contributed by atoms with van der Waals surface area (Å²) in [6.07, 6.45) is 4.67. The largest absolute Gasteiger partial charge is 0.327 e. The van der Waals surface area contributed by atoms with E-state index in [-0.39, 0.29) is 6.04 Å². The third kappa shape index (κ3) is 2.16. The molecule has 0 radical (unpaired) electrons. The zero-order valence-corrected chi connectivity index (χ0v) is 10.3. The van der Waals surface area contributed by atoms with Crippen molar-refractivity contribution in [1.29, 1.82) is 0 Å². The lowest BCUT2D eigenvalue weighted by atomic mass is 9.84. The third-order valence-corrected chi connectivity index (χ3v) is 3.71. The Hall–Kier alpha value is -1.68. The first-order chi connectivity index (χ1) is 8.84. The highest BCUT2D eigenvalue weighted by Crippen LogP contribution is 2.30. The summed E-state index contributed by atoms with van der Waals surface area (Å²) in [5, 5.41) is 7.37. The van der Waals surface area contributed by atoms with Crippen molar-refractivity contribution in [2.24, 2.45) is 5.73 Å². The lowest BCUT2D eigenvalue weighted by molar-refractivity contribution is 0.374. The van der Waals surface area contributed by atoms with E-state index < -0.39 is 0 Å². The SMILES string of the molecule is NC1CCCCC1c1nc(-c2ccccc2)n[nH]1. The molecule has 4 heteroatoms. The summed E-state index contributed by atoms with van der Waals surface area (Å²) in [6, 6.07) is 10.3. The van der Waals surface area contributed by atoms with E-state index in [0.717, 1.165) is 30.1 Å². The lowest BCUT2D eigenvalue weighted by Crippen LogP contribution is -2.32. The minimum atomic E-state index is 0.218. The summed E-state index contributed by atoms with van der Waals surface area (Å²) in [4.78, 5) is 4.61. The van der Waals surface area contributed by atoms with Crippen LogP contribution in [0.3, 0.4) is 0 Å². The van der Waals surface area contributed by atoms with Crippen LogP contribution >= 0.6 is 0 Å². The number of rotatable bonds is 2. The lowest BCUT2D eigenvalue weighted by Gasteiger charge is -2.26. The van der Waals surface area contributed by atoms with Gasteiger partial charge in [-0.15, -0.1) is 0 Å². The van der Waals surface area contributed by atoms with E-state index in [1.165, 1.54) is 12.8 Å². The maximum absolute atomic E-state index is 6.17. The summed E-state index contributed by atoms with van der Waals surface area (Å²) in [7, 11) is 0. The minimum Gasteiger partial charge on any atom is -0.327 e. The summed E-state index contributed by atoms with van der Waals surface area (Å²) >= 11 is 0. The highest BCUT2D eigenvalue weighted by Gasteiger charge is 2.26. The van der Waals surface area contributed by atoms with Crippen LogP contribution in [0.25, 0.3) is 11.4 Å². The van der Waals surface area contributed by atoms with Gasteiger partial charge in [-0.25, -0.2) is 4.98 Å². The van der Waals surface area contributed by atoms with E-state index in [1.54, 1.807) is 0 Å². The zero-order valence-electron chi connectivity index (χ0n) is 10.3. The number of H-pyrrole nitrogens is 1. The molecule has 0 saturated heterocycles.